The van der Waals surface area contributed by atoms with Crippen LogP contribution in [0.3, 0.4) is 0 Å². The fraction of sp³-hybridized carbons (Fsp3) is 0.467. The van der Waals surface area contributed by atoms with Crippen LogP contribution in [0.15, 0.2) is 18.2 Å². The Kier molecular flexibility index (Phi) is 4.66. The van der Waals surface area contributed by atoms with Gasteiger partial charge >= 0.3 is 10.2 Å². The Morgan fingerprint density at radius 1 is 1.41 bits per heavy atom. The number of phenols is 1. The summed E-state index contributed by atoms with van der Waals surface area (Å²) in [6, 6.07) is 4.62. The van der Waals surface area contributed by atoms with Gasteiger partial charge in [-0.3, -0.25) is 4.31 Å². The second-order valence-electron chi connectivity index (χ2n) is 5.79. The average molecular weight is 324 g/mol. The van der Waals surface area contributed by atoms with Crippen LogP contribution in [0.2, 0.25) is 0 Å². The van der Waals surface area contributed by atoms with E-state index in [1.165, 1.54) is 6.07 Å². The van der Waals surface area contributed by atoms with E-state index in [9.17, 15) is 18.6 Å². The molecule has 7 heteroatoms. The van der Waals surface area contributed by atoms with Crippen LogP contribution in [0.4, 0.5) is 5.69 Å². The molecule has 0 spiro atoms. The van der Waals surface area contributed by atoms with Crippen molar-refractivity contribution in [2.24, 2.45) is 0 Å². The van der Waals surface area contributed by atoms with Crippen molar-refractivity contribution in [3.8, 4) is 17.6 Å². The fourth-order valence-electron chi connectivity index (χ4n) is 2.06. The van der Waals surface area contributed by atoms with E-state index < -0.39 is 15.8 Å². The van der Waals surface area contributed by atoms with Gasteiger partial charge in [0.1, 0.15) is 5.75 Å². The van der Waals surface area contributed by atoms with Gasteiger partial charge < -0.3 is 10.2 Å². The summed E-state index contributed by atoms with van der Waals surface area (Å²) in [5.74, 6) is 5.76. The van der Waals surface area contributed by atoms with Crippen molar-refractivity contribution >= 4 is 15.9 Å². The molecule has 0 saturated carbocycles. The highest BCUT2D eigenvalue weighted by atomic mass is 32.2. The number of phenolic OH excluding ortho intramolecular Hbond substituents is 1. The number of benzene rings is 1. The lowest BCUT2D eigenvalue weighted by Crippen LogP contribution is -2.29. The first-order valence-electron chi connectivity index (χ1n) is 7.01. The Balaban J connectivity index is 2.19. The number of nitrogens with one attached hydrogen (secondary N) is 1. The molecule has 0 amide bonds. The molecular formula is C15H20N2O4S. The third-order valence-electron chi connectivity index (χ3n) is 3.23. The molecule has 0 radical (unpaired) electrons. The van der Waals surface area contributed by atoms with Gasteiger partial charge in [-0.25, -0.2) is 0 Å². The van der Waals surface area contributed by atoms with Gasteiger partial charge in [-0.1, -0.05) is 11.8 Å². The van der Waals surface area contributed by atoms with E-state index in [0.29, 0.717) is 24.9 Å². The van der Waals surface area contributed by atoms with Crippen LogP contribution in [0, 0.1) is 11.8 Å². The summed E-state index contributed by atoms with van der Waals surface area (Å²) >= 11 is 0. The largest absolute Gasteiger partial charge is 0.506 e. The van der Waals surface area contributed by atoms with Crippen LogP contribution in [0.1, 0.15) is 32.3 Å². The summed E-state index contributed by atoms with van der Waals surface area (Å²) in [6.45, 7) is 4.02. The van der Waals surface area contributed by atoms with E-state index in [1.54, 1.807) is 26.0 Å². The minimum Gasteiger partial charge on any atom is -0.506 e. The Bertz CT molecular complexity index is 711. The number of aliphatic hydroxyl groups is 1. The first-order chi connectivity index (χ1) is 10.2. The number of hydrogen-bond acceptors (Lipinski definition) is 4. The summed E-state index contributed by atoms with van der Waals surface area (Å²) in [6.07, 6.45) is 1.08. The topological polar surface area (TPSA) is 89.9 Å². The molecule has 0 unspecified atom stereocenters. The number of rotatable bonds is 3. The fourth-order valence-corrected chi connectivity index (χ4v) is 3.30. The molecule has 0 bridgehead atoms. The first-order valence-corrected chi connectivity index (χ1v) is 8.45. The highest BCUT2D eigenvalue weighted by molar-refractivity contribution is 7.91. The van der Waals surface area contributed by atoms with Gasteiger partial charge in [0.15, 0.2) is 0 Å². The van der Waals surface area contributed by atoms with E-state index in [4.69, 9.17) is 0 Å². The molecule has 1 aromatic rings. The van der Waals surface area contributed by atoms with E-state index in [-0.39, 0.29) is 18.0 Å². The van der Waals surface area contributed by atoms with Gasteiger partial charge in [0.25, 0.3) is 0 Å². The standard InChI is InChI=1S/C15H20N2O4S/c1-15(2,19)8-4-3-5-12-6-7-14(18)13(11-12)17-10-9-16-22(17,20)21/h6-7,11,16,18-19H,4,8-10H2,1-2H3. The van der Waals surface area contributed by atoms with Crippen molar-refractivity contribution in [3.63, 3.8) is 0 Å². The number of nitrogens with zero attached hydrogens (tertiary/aromatic N) is 1. The lowest BCUT2D eigenvalue weighted by atomic mass is 10.0. The normalized spacial score (nSPS) is 17.1. The van der Waals surface area contributed by atoms with Gasteiger partial charge in [0.2, 0.25) is 0 Å². The molecule has 6 nitrogen and oxygen atoms in total. The van der Waals surface area contributed by atoms with E-state index in [2.05, 4.69) is 16.6 Å². The maximum Gasteiger partial charge on any atom is 0.301 e. The minimum atomic E-state index is -3.58. The molecule has 0 aliphatic carbocycles. The first kappa shape index (κ1) is 16.6. The van der Waals surface area contributed by atoms with Crippen molar-refractivity contribution in [1.82, 2.24) is 4.72 Å². The van der Waals surface area contributed by atoms with Gasteiger partial charge in [-0.2, -0.15) is 13.1 Å². The van der Waals surface area contributed by atoms with Crippen LogP contribution in [0.5, 0.6) is 5.75 Å². The molecule has 0 aromatic heterocycles. The lowest BCUT2D eigenvalue weighted by Gasteiger charge is -2.17. The smallest absolute Gasteiger partial charge is 0.301 e. The molecule has 22 heavy (non-hydrogen) atoms. The molecule has 1 aliphatic heterocycles. The molecule has 1 heterocycles. The molecule has 2 rings (SSSR count). The monoisotopic (exact) mass is 324 g/mol. The van der Waals surface area contributed by atoms with E-state index in [0.717, 1.165) is 4.31 Å². The van der Waals surface area contributed by atoms with Crippen LogP contribution >= 0.6 is 0 Å². The number of anilines is 1. The Hall–Kier alpha value is -1.75. The summed E-state index contributed by atoms with van der Waals surface area (Å²) in [5.41, 5.74) is 0.0781. The predicted molar refractivity (Wildman–Crippen MR) is 84.8 cm³/mol. The summed E-state index contributed by atoms with van der Waals surface area (Å²) in [5, 5.41) is 19.5. The van der Waals surface area contributed by atoms with Crippen LogP contribution in [-0.2, 0) is 10.2 Å². The van der Waals surface area contributed by atoms with Crippen LogP contribution in [-0.4, -0.2) is 37.3 Å². The molecule has 0 atom stereocenters. The Morgan fingerprint density at radius 3 is 2.73 bits per heavy atom. The zero-order chi connectivity index (χ0) is 16.4. The van der Waals surface area contributed by atoms with E-state index >= 15 is 0 Å². The van der Waals surface area contributed by atoms with Crippen molar-refractivity contribution in [1.29, 1.82) is 0 Å². The molecule has 120 valence electrons. The Morgan fingerprint density at radius 2 is 2.14 bits per heavy atom. The van der Waals surface area contributed by atoms with Crippen molar-refractivity contribution in [3.05, 3.63) is 23.8 Å². The maximum atomic E-state index is 11.8. The third-order valence-corrected chi connectivity index (χ3v) is 4.76. The maximum absolute atomic E-state index is 11.8. The van der Waals surface area contributed by atoms with Crippen LogP contribution in [0.25, 0.3) is 0 Å². The zero-order valence-corrected chi connectivity index (χ0v) is 13.4. The highest BCUT2D eigenvalue weighted by Crippen LogP contribution is 2.30. The minimum absolute atomic E-state index is 0.102. The number of hydrogen-bond donors (Lipinski definition) is 3. The number of aromatic hydroxyl groups is 1. The SMILES string of the molecule is CC(C)(O)CCC#Cc1ccc(O)c(N2CCNS2(=O)=O)c1. The van der Waals surface area contributed by atoms with Gasteiger partial charge in [-0.05, 0) is 38.5 Å². The summed E-state index contributed by atoms with van der Waals surface area (Å²) in [7, 11) is -3.58. The predicted octanol–water partition coefficient (Wildman–Crippen LogP) is 0.949. The van der Waals surface area contributed by atoms with E-state index in [1.807, 2.05) is 0 Å². The molecule has 3 N–H and O–H groups in total. The Labute approximate surface area is 131 Å². The highest BCUT2D eigenvalue weighted by Gasteiger charge is 2.29. The third kappa shape index (κ3) is 4.13. The molecule has 1 fully saturated rings. The lowest BCUT2D eigenvalue weighted by molar-refractivity contribution is 0.0727. The molecule has 1 saturated heterocycles. The van der Waals surface area contributed by atoms with Crippen LogP contribution < -0.4 is 9.03 Å². The summed E-state index contributed by atoms with van der Waals surface area (Å²) < 4.78 is 27.2. The summed E-state index contributed by atoms with van der Waals surface area (Å²) in [4.78, 5) is 0. The molecular weight excluding hydrogens is 304 g/mol. The van der Waals surface area contributed by atoms with Gasteiger partial charge in [0, 0.05) is 25.1 Å². The zero-order valence-electron chi connectivity index (χ0n) is 12.6. The van der Waals surface area contributed by atoms with Gasteiger partial charge in [-0.15, -0.1) is 0 Å². The van der Waals surface area contributed by atoms with Crippen molar-refractivity contribution < 1.29 is 18.6 Å². The molecule has 1 aromatic carbocycles. The van der Waals surface area contributed by atoms with Gasteiger partial charge in [0.05, 0.1) is 11.3 Å². The molecule has 1 aliphatic rings. The average Bonchev–Trinajstić information content (AvgIpc) is 2.75. The second-order valence-corrected chi connectivity index (χ2v) is 7.47. The van der Waals surface area contributed by atoms with Crippen molar-refractivity contribution in [2.45, 2.75) is 32.3 Å². The van der Waals surface area contributed by atoms with Crippen molar-refractivity contribution in [2.75, 3.05) is 17.4 Å². The second kappa shape index (κ2) is 6.16. The quantitative estimate of drug-likeness (QED) is 0.722.